The number of fused-ring (bicyclic) bond motifs is 1. The minimum atomic E-state index is -0.248. The van der Waals surface area contributed by atoms with Crippen molar-refractivity contribution in [2.75, 3.05) is 0 Å². The van der Waals surface area contributed by atoms with Crippen LogP contribution in [0, 0.1) is 0 Å². The molecule has 0 radical (unpaired) electrons. The van der Waals surface area contributed by atoms with Crippen molar-refractivity contribution in [3.8, 4) is 0 Å². The van der Waals surface area contributed by atoms with E-state index in [1.807, 2.05) is 42.5 Å². The normalized spacial score (nSPS) is 17.4. The standard InChI is InChI=1S/C15H11ClO2/c16-13-8-4-1-5-10(13)9-14-11-6-2-3-7-12(11)15(17)18-14/h1-8,14H,9H2. The van der Waals surface area contributed by atoms with Gasteiger partial charge in [0.2, 0.25) is 0 Å². The second-order valence-electron chi connectivity index (χ2n) is 4.28. The van der Waals surface area contributed by atoms with Gasteiger partial charge in [0.1, 0.15) is 6.10 Å². The van der Waals surface area contributed by atoms with Crippen LogP contribution in [0.4, 0.5) is 0 Å². The fourth-order valence-electron chi connectivity index (χ4n) is 2.24. The molecule has 90 valence electrons. The van der Waals surface area contributed by atoms with Crippen LogP contribution in [0.5, 0.6) is 0 Å². The molecule has 2 nitrogen and oxygen atoms in total. The van der Waals surface area contributed by atoms with Crippen molar-refractivity contribution < 1.29 is 9.53 Å². The van der Waals surface area contributed by atoms with Crippen molar-refractivity contribution in [3.05, 3.63) is 70.2 Å². The molecule has 1 atom stereocenters. The van der Waals surface area contributed by atoms with Gasteiger partial charge in [-0.3, -0.25) is 0 Å². The van der Waals surface area contributed by atoms with Crippen molar-refractivity contribution in [1.29, 1.82) is 0 Å². The number of esters is 1. The van der Waals surface area contributed by atoms with Gasteiger partial charge < -0.3 is 4.74 Å². The Morgan fingerprint density at radius 3 is 2.61 bits per heavy atom. The highest BCUT2D eigenvalue weighted by Gasteiger charge is 2.30. The molecule has 0 saturated heterocycles. The Morgan fingerprint density at radius 1 is 1.06 bits per heavy atom. The Morgan fingerprint density at radius 2 is 1.78 bits per heavy atom. The number of hydrogen-bond donors (Lipinski definition) is 0. The number of ether oxygens (including phenoxy) is 1. The number of carbonyl (C=O) groups is 1. The molecule has 2 aromatic rings. The Balaban J connectivity index is 1.92. The van der Waals surface area contributed by atoms with Gasteiger partial charge in [0.15, 0.2) is 0 Å². The topological polar surface area (TPSA) is 26.3 Å². The van der Waals surface area contributed by atoms with Crippen LogP contribution in [-0.2, 0) is 11.2 Å². The first kappa shape index (κ1) is 11.3. The van der Waals surface area contributed by atoms with Crippen molar-refractivity contribution in [2.45, 2.75) is 12.5 Å². The monoisotopic (exact) mass is 258 g/mol. The molecule has 18 heavy (non-hydrogen) atoms. The summed E-state index contributed by atoms with van der Waals surface area (Å²) >= 11 is 6.13. The maximum absolute atomic E-state index is 11.7. The van der Waals surface area contributed by atoms with Crippen LogP contribution in [0.1, 0.15) is 27.6 Å². The van der Waals surface area contributed by atoms with Gasteiger partial charge in [0.05, 0.1) is 5.56 Å². The van der Waals surface area contributed by atoms with Gasteiger partial charge in [-0.05, 0) is 17.7 Å². The Hall–Kier alpha value is -1.80. The average Bonchev–Trinajstić information content (AvgIpc) is 2.70. The van der Waals surface area contributed by atoms with E-state index in [-0.39, 0.29) is 12.1 Å². The predicted octanol–water partition coefficient (Wildman–Crippen LogP) is 3.79. The molecule has 3 heteroatoms. The van der Waals surface area contributed by atoms with Gasteiger partial charge in [-0.15, -0.1) is 0 Å². The zero-order chi connectivity index (χ0) is 12.5. The quantitative estimate of drug-likeness (QED) is 0.766. The lowest BCUT2D eigenvalue weighted by Gasteiger charge is -2.11. The molecule has 0 fully saturated rings. The van der Waals surface area contributed by atoms with Crippen LogP contribution in [0.25, 0.3) is 0 Å². The molecule has 3 rings (SSSR count). The zero-order valence-corrected chi connectivity index (χ0v) is 10.4. The SMILES string of the molecule is O=C1OC(Cc2ccccc2Cl)c2ccccc21. The van der Waals surface area contributed by atoms with E-state index in [4.69, 9.17) is 16.3 Å². The second kappa shape index (κ2) is 4.46. The molecular weight excluding hydrogens is 248 g/mol. The number of cyclic esters (lactones) is 1. The number of carbonyl (C=O) groups excluding carboxylic acids is 1. The smallest absolute Gasteiger partial charge is 0.339 e. The van der Waals surface area contributed by atoms with Crippen molar-refractivity contribution >= 4 is 17.6 Å². The Bertz CT molecular complexity index is 607. The number of rotatable bonds is 2. The summed E-state index contributed by atoms with van der Waals surface area (Å²) in [5.41, 5.74) is 2.60. The van der Waals surface area contributed by atoms with Crippen LogP contribution in [0.2, 0.25) is 5.02 Å². The summed E-state index contributed by atoms with van der Waals surface area (Å²) in [5, 5.41) is 0.706. The van der Waals surface area contributed by atoms with Gasteiger partial charge in [-0.25, -0.2) is 4.79 Å². The largest absolute Gasteiger partial charge is 0.454 e. The van der Waals surface area contributed by atoms with Gasteiger partial charge in [-0.1, -0.05) is 48.0 Å². The van der Waals surface area contributed by atoms with Crippen molar-refractivity contribution in [2.24, 2.45) is 0 Å². The third-order valence-corrected chi connectivity index (χ3v) is 3.51. The molecule has 0 bridgehead atoms. The van der Waals surface area contributed by atoms with Crippen LogP contribution >= 0.6 is 11.6 Å². The summed E-state index contributed by atoms with van der Waals surface area (Å²) in [4.78, 5) is 11.7. The number of halogens is 1. The van der Waals surface area contributed by atoms with Gasteiger partial charge in [-0.2, -0.15) is 0 Å². The van der Waals surface area contributed by atoms with Crippen molar-refractivity contribution in [1.82, 2.24) is 0 Å². The average molecular weight is 259 g/mol. The molecule has 1 heterocycles. The van der Waals surface area contributed by atoms with E-state index in [1.54, 1.807) is 6.07 Å². The fourth-order valence-corrected chi connectivity index (χ4v) is 2.45. The second-order valence-corrected chi connectivity index (χ2v) is 4.68. The molecule has 2 aromatic carbocycles. The van der Waals surface area contributed by atoms with E-state index in [0.29, 0.717) is 17.0 Å². The summed E-state index contributed by atoms with van der Waals surface area (Å²) in [6, 6.07) is 15.1. The third kappa shape index (κ3) is 1.89. The molecule has 0 N–H and O–H groups in total. The lowest BCUT2D eigenvalue weighted by atomic mass is 9.99. The van der Waals surface area contributed by atoms with Gasteiger partial charge >= 0.3 is 5.97 Å². The van der Waals surface area contributed by atoms with E-state index < -0.39 is 0 Å². The highest BCUT2D eigenvalue weighted by molar-refractivity contribution is 6.31. The first-order valence-electron chi connectivity index (χ1n) is 5.79. The fraction of sp³-hybridized carbons (Fsp3) is 0.133. The summed E-state index contributed by atoms with van der Waals surface area (Å²) in [7, 11) is 0. The molecule has 0 saturated carbocycles. The molecule has 0 spiro atoms. The number of benzene rings is 2. The summed E-state index contributed by atoms with van der Waals surface area (Å²) in [5.74, 6) is -0.248. The third-order valence-electron chi connectivity index (χ3n) is 3.14. The summed E-state index contributed by atoms with van der Waals surface area (Å²) < 4.78 is 5.39. The van der Waals surface area contributed by atoms with Crippen LogP contribution in [0.15, 0.2) is 48.5 Å². The van der Waals surface area contributed by atoms with E-state index >= 15 is 0 Å². The van der Waals surface area contributed by atoms with Crippen LogP contribution in [0.3, 0.4) is 0 Å². The first-order chi connectivity index (χ1) is 8.75. The number of hydrogen-bond acceptors (Lipinski definition) is 2. The van der Waals surface area contributed by atoms with E-state index in [9.17, 15) is 4.79 Å². The molecule has 0 aliphatic carbocycles. The van der Waals surface area contributed by atoms with Gasteiger partial charge in [0, 0.05) is 17.0 Å². The summed E-state index contributed by atoms with van der Waals surface area (Å²) in [6.07, 6.45) is 0.385. The lowest BCUT2D eigenvalue weighted by molar-refractivity contribution is 0.0387. The zero-order valence-electron chi connectivity index (χ0n) is 9.60. The summed E-state index contributed by atoms with van der Waals surface area (Å²) in [6.45, 7) is 0. The highest BCUT2D eigenvalue weighted by atomic mass is 35.5. The molecule has 0 aromatic heterocycles. The Kier molecular flexibility index (Phi) is 2.80. The maximum atomic E-state index is 11.7. The first-order valence-corrected chi connectivity index (χ1v) is 6.17. The van der Waals surface area contributed by atoms with Crippen molar-refractivity contribution in [3.63, 3.8) is 0 Å². The lowest BCUT2D eigenvalue weighted by Crippen LogP contribution is -2.03. The molecule has 1 unspecified atom stereocenters. The van der Waals surface area contributed by atoms with E-state index in [1.165, 1.54) is 0 Å². The molecule has 0 amide bonds. The molecule has 1 aliphatic heterocycles. The van der Waals surface area contributed by atoms with Gasteiger partial charge in [0.25, 0.3) is 0 Å². The molecular formula is C15H11ClO2. The minimum absolute atomic E-state index is 0.228. The highest BCUT2D eigenvalue weighted by Crippen LogP contribution is 2.34. The minimum Gasteiger partial charge on any atom is -0.454 e. The Labute approximate surface area is 110 Å². The molecule has 1 aliphatic rings. The van der Waals surface area contributed by atoms with Crippen LogP contribution < -0.4 is 0 Å². The van der Waals surface area contributed by atoms with E-state index in [0.717, 1.165) is 11.1 Å². The maximum Gasteiger partial charge on any atom is 0.339 e. The van der Waals surface area contributed by atoms with Crippen LogP contribution in [-0.4, -0.2) is 5.97 Å². The van der Waals surface area contributed by atoms with E-state index in [2.05, 4.69) is 0 Å². The predicted molar refractivity (Wildman–Crippen MR) is 69.8 cm³/mol.